The maximum absolute atomic E-state index is 12.8. The van der Waals surface area contributed by atoms with Crippen molar-refractivity contribution in [1.82, 2.24) is 14.9 Å². The molecule has 0 aliphatic carbocycles. The van der Waals surface area contributed by atoms with Gasteiger partial charge in [0.2, 0.25) is 5.91 Å². The summed E-state index contributed by atoms with van der Waals surface area (Å²) in [4.78, 5) is 28.6. The van der Waals surface area contributed by atoms with Crippen molar-refractivity contribution < 1.29 is 4.79 Å². The minimum absolute atomic E-state index is 0.116. The van der Waals surface area contributed by atoms with Crippen LogP contribution in [0.4, 0.5) is 0 Å². The van der Waals surface area contributed by atoms with Gasteiger partial charge in [-0.15, -0.1) is 0 Å². The third-order valence-electron chi connectivity index (χ3n) is 3.84. The highest BCUT2D eigenvalue weighted by molar-refractivity contribution is 6.38. The third-order valence-corrected chi connectivity index (χ3v) is 4.35. The van der Waals surface area contributed by atoms with E-state index in [0.29, 0.717) is 39.6 Å². The molecule has 1 fully saturated rings. The fourth-order valence-corrected chi connectivity index (χ4v) is 3.36. The van der Waals surface area contributed by atoms with E-state index in [4.69, 9.17) is 28.9 Å². The predicted octanol–water partition coefficient (Wildman–Crippen LogP) is 1.75. The minimum Gasteiger partial charge on any atom is -0.339 e. The summed E-state index contributed by atoms with van der Waals surface area (Å²) in [5.41, 5.74) is 6.13. The Labute approximate surface area is 136 Å². The highest BCUT2D eigenvalue weighted by Crippen LogP contribution is 2.27. The molecule has 0 saturated carbocycles. The number of nitrogens with two attached hydrogens (primary N) is 1. The summed E-state index contributed by atoms with van der Waals surface area (Å²) in [5, 5.41) is 3.69. The van der Waals surface area contributed by atoms with E-state index in [-0.39, 0.29) is 17.5 Å². The van der Waals surface area contributed by atoms with Gasteiger partial charge in [-0.25, -0.2) is 4.98 Å². The fraction of sp³-hybridized carbons (Fsp3) is 0.357. The van der Waals surface area contributed by atoms with E-state index < -0.39 is 6.17 Å². The lowest BCUT2D eigenvalue weighted by Gasteiger charge is -2.31. The molecule has 2 heterocycles. The zero-order valence-corrected chi connectivity index (χ0v) is 13.3. The Morgan fingerprint density at radius 3 is 2.77 bits per heavy atom. The number of fused-ring (bicyclic) bond motifs is 1. The summed E-state index contributed by atoms with van der Waals surface area (Å²) in [6.45, 7) is 1.72. The molecule has 116 valence electrons. The number of hydrogen-bond acceptors (Lipinski definition) is 4. The van der Waals surface area contributed by atoms with E-state index in [1.165, 1.54) is 4.57 Å². The van der Waals surface area contributed by atoms with Crippen LogP contribution in [-0.4, -0.2) is 21.6 Å². The smallest absolute Gasteiger partial charge is 0.261 e. The van der Waals surface area contributed by atoms with Crippen molar-refractivity contribution in [3.8, 4) is 0 Å². The number of aromatic nitrogens is 2. The van der Waals surface area contributed by atoms with Crippen LogP contribution in [0.1, 0.15) is 24.7 Å². The van der Waals surface area contributed by atoms with Crippen molar-refractivity contribution in [3.63, 3.8) is 0 Å². The molecule has 2 atom stereocenters. The number of nitrogens with one attached hydrogen (secondary N) is 1. The molecule has 1 aromatic heterocycles. The molecule has 1 amide bonds. The highest BCUT2D eigenvalue weighted by atomic mass is 35.5. The van der Waals surface area contributed by atoms with Crippen LogP contribution in [0.25, 0.3) is 10.9 Å². The standard InChI is InChI=1S/C14H14Cl2N4O2/c1-6-18-12-8(4-7(15)5-9(12)16)14(22)20(6)10-2-3-11(21)19-13(10)17/h4-5,10,13H,2-3,17H2,1H3,(H,19,21). The fourth-order valence-electron chi connectivity index (χ4n) is 2.83. The van der Waals surface area contributed by atoms with Gasteiger partial charge >= 0.3 is 0 Å². The molecule has 0 radical (unpaired) electrons. The summed E-state index contributed by atoms with van der Waals surface area (Å²) < 4.78 is 1.51. The average Bonchev–Trinajstić information content (AvgIpc) is 2.42. The Bertz CT molecular complexity index is 834. The Hall–Kier alpha value is -1.63. The summed E-state index contributed by atoms with van der Waals surface area (Å²) >= 11 is 12.1. The van der Waals surface area contributed by atoms with Gasteiger partial charge in [0.25, 0.3) is 5.56 Å². The van der Waals surface area contributed by atoms with Crippen LogP contribution >= 0.6 is 23.2 Å². The van der Waals surface area contributed by atoms with E-state index in [2.05, 4.69) is 10.3 Å². The predicted molar refractivity (Wildman–Crippen MR) is 85.1 cm³/mol. The summed E-state index contributed by atoms with van der Waals surface area (Å²) in [5.74, 6) is 0.382. The number of halogens is 2. The molecule has 22 heavy (non-hydrogen) atoms. The third kappa shape index (κ3) is 2.47. The summed E-state index contributed by atoms with van der Waals surface area (Å²) in [6.07, 6.45) is 0.167. The minimum atomic E-state index is -0.633. The number of rotatable bonds is 1. The van der Waals surface area contributed by atoms with Gasteiger partial charge in [0.15, 0.2) is 0 Å². The molecule has 0 spiro atoms. The van der Waals surface area contributed by atoms with E-state index >= 15 is 0 Å². The Morgan fingerprint density at radius 2 is 2.09 bits per heavy atom. The molecule has 1 aliphatic rings. The summed E-state index contributed by atoms with van der Waals surface area (Å²) in [6, 6.07) is 2.75. The normalized spacial score (nSPS) is 21.9. The number of amides is 1. The van der Waals surface area contributed by atoms with Gasteiger partial charge in [0.05, 0.1) is 28.1 Å². The van der Waals surface area contributed by atoms with Crippen LogP contribution in [0.3, 0.4) is 0 Å². The molecule has 1 saturated heterocycles. The lowest BCUT2D eigenvalue weighted by atomic mass is 10.0. The van der Waals surface area contributed by atoms with E-state index in [9.17, 15) is 9.59 Å². The van der Waals surface area contributed by atoms with Gasteiger partial charge in [-0.1, -0.05) is 23.2 Å². The Balaban J connectivity index is 2.22. The second kappa shape index (κ2) is 5.53. The van der Waals surface area contributed by atoms with Gasteiger partial charge in [-0.05, 0) is 25.5 Å². The second-order valence-electron chi connectivity index (χ2n) is 5.32. The Kier molecular flexibility index (Phi) is 3.84. The Morgan fingerprint density at radius 1 is 1.36 bits per heavy atom. The van der Waals surface area contributed by atoms with E-state index in [1.807, 2.05) is 0 Å². The van der Waals surface area contributed by atoms with Gasteiger partial charge < -0.3 is 11.1 Å². The first kappa shape index (κ1) is 15.3. The molecule has 8 heteroatoms. The lowest BCUT2D eigenvalue weighted by molar-refractivity contribution is -0.124. The van der Waals surface area contributed by atoms with Crippen LogP contribution in [0.15, 0.2) is 16.9 Å². The van der Waals surface area contributed by atoms with Crippen LogP contribution in [0.2, 0.25) is 10.0 Å². The SMILES string of the molecule is Cc1nc2c(Cl)cc(Cl)cc2c(=O)n1C1CCC(=O)NC1N. The molecular formula is C14H14Cl2N4O2. The molecule has 6 nitrogen and oxygen atoms in total. The molecular weight excluding hydrogens is 327 g/mol. The first-order chi connectivity index (χ1) is 10.4. The second-order valence-corrected chi connectivity index (χ2v) is 6.16. The van der Waals surface area contributed by atoms with Crippen molar-refractivity contribution >= 4 is 40.0 Å². The topological polar surface area (TPSA) is 90.0 Å². The molecule has 1 aromatic carbocycles. The highest BCUT2D eigenvalue weighted by Gasteiger charge is 2.29. The van der Waals surface area contributed by atoms with Crippen molar-refractivity contribution in [2.45, 2.75) is 32.0 Å². The van der Waals surface area contributed by atoms with Crippen molar-refractivity contribution in [2.24, 2.45) is 5.73 Å². The van der Waals surface area contributed by atoms with Crippen LogP contribution in [0, 0.1) is 6.92 Å². The van der Waals surface area contributed by atoms with Crippen LogP contribution in [-0.2, 0) is 4.79 Å². The van der Waals surface area contributed by atoms with Crippen LogP contribution in [0.5, 0.6) is 0 Å². The number of carbonyl (C=O) groups excluding carboxylic acids is 1. The number of aryl methyl sites for hydroxylation is 1. The zero-order chi connectivity index (χ0) is 16.0. The first-order valence-corrected chi connectivity index (χ1v) is 7.57. The monoisotopic (exact) mass is 340 g/mol. The van der Waals surface area contributed by atoms with Crippen molar-refractivity contribution in [2.75, 3.05) is 0 Å². The van der Waals surface area contributed by atoms with Gasteiger partial charge in [-0.3, -0.25) is 14.2 Å². The zero-order valence-electron chi connectivity index (χ0n) is 11.8. The first-order valence-electron chi connectivity index (χ1n) is 6.81. The maximum atomic E-state index is 12.8. The van der Waals surface area contributed by atoms with E-state index in [1.54, 1.807) is 19.1 Å². The molecule has 2 unspecified atom stereocenters. The van der Waals surface area contributed by atoms with Gasteiger partial charge in [0.1, 0.15) is 5.82 Å². The van der Waals surface area contributed by atoms with Crippen LogP contribution < -0.4 is 16.6 Å². The van der Waals surface area contributed by atoms with E-state index in [0.717, 1.165) is 0 Å². The number of benzene rings is 1. The number of piperidine rings is 1. The molecule has 1 aliphatic heterocycles. The van der Waals surface area contributed by atoms with Gasteiger partial charge in [-0.2, -0.15) is 0 Å². The quantitative estimate of drug-likeness (QED) is 0.827. The van der Waals surface area contributed by atoms with Crippen molar-refractivity contribution in [1.29, 1.82) is 0 Å². The maximum Gasteiger partial charge on any atom is 0.261 e. The molecule has 3 N–H and O–H groups in total. The van der Waals surface area contributed by atoms with Gasteiger partial charge in [0, 0.05) is 11.4 Å². The molecule has 2 aromatic rings. The lowest BCUT2D eigenvalue weighted by Crippen LogP contribution is -2.53. The largest absolute Gasteiger partial charge is 0.339 e. The number of hydrogen-bond donors (Lipinski definition) is 2. The number of nitrogens with zero attached hydrogens (tertiary/aromatic N) is 2. The van der Waals surface area contributed by atoms with Crippen molar-refractivity contribution in [3.05, 3.63) is 38.4 Å². The average molecular weight is 341 g/mol. The summed E-state index contributed by atoms with van der Waals surface area (Å²) in [7, 11) is 0. The molecule has 3 rings (SSSR count). The number of carbonyl (C=O) groups is 1. The molecule has 0 bridgehead atoms.